The van der Waals surface area contributed by atoms with Crippen molar-refractivity contribution in [2.45, 2.75) is 13.0 Å². The molecule has 0 spiro atoms. The minimum Gasteiger partial charge on any atom is -0.497 e. The van der Waals surface area contributed by atoms with E-state index in [2.05, 4.69) is 5.32 Å². The first-order valence-electron chi connectivity index (χ1n) is 6.80. The first-order valence-corrected chi connectivity index (χ1v) is 6.80. The predicted octanol–water partition coefficient (Wildman–Crippen LogP) is 2.91. The zero-order valence-corrected chi connectivity index (χ0v) is 12.4. The average Bonchev–Trinajstić information content (AvgIpc) is 2.56. The monoisotopic (exact) mass is 299 g/mol. The topological polar surface area (TPSA) is 64.6 Å². The molecule has 5 heteroatoms. The van der Waals surface area contributed by atoms with Gasteiger partial charge in [-0.15, -0.1) is 0 Å². The summed E-state index contributed by atoms with van der Waals surface area (Å²) in [6, 6.07) is 13.9. The zero-order chi connectivity index (χ0) is 15.9. The van der Waals surface area contributed by atoms with Gasteiger partial charge in [-0.05, 0) is 37.3 Å². The molecular formula is C17H17NO4. The number of carbonyl (C=O) groups excluding carboxylic acids is 2. The number of rotatable bonds is 6. The Kier molecular flexibility index (Phi) is 5.14. The van der Waals surface area contributed by atoms with E-state index in [1.807, 2.05) is 18.2 Å². The summed E-state index contributed by atoms with van der Waals surface area (Å²) in [4.78, 5) is 23.2. The molecule has 0 bridgehead atoms. The number of methoxy groups -OCH3 is 1. The standard InChI is InChI=1S/C17H17NO4/c1-12(17(20)18-14-6-4-3-5-7-14)22-16-9-8-15(21-2)10-13(16)11-19/h3-12H,1-2H3,(H,18,20)/t12-/m1/s1. The molecule has 5 nitrogen and oxygen atoms in total. The van der Waals surface area contributed by atoms with Gasteiger partial charge < -0.3 is 14.8 Å². The van der Waals surface area contributed by atoms with E-state index < -0.39 is 6.10 Å². The van der Waals surface area contributed by atoms with Crippen molar-refractivity contribution in [3.05, 3.63) is 54.1 Å². The van der Waals surface area contributed by atoms with E-state index in [9.17, 15) is 9.59 Å². The highest BCUT2D eigenvalue weighted by Crippen LogP contribution is 2.23. The van der Waals surface area contributed by atoms with Crippen LogP contribution in [0, 0.1) is 0 Å². The highest BCUT2D eigenvalue weighted by molar-refractivity contribution is 5.94. The number of anilines is 1. The molecule has 1 N–H and O–H groups in total. The van der Waals surface area contributed by atoms with Gasteiger partial charge in [0, 0.05) is 5.69 Å². The fourth-order valence-electron chi connectivity index (χ4n) is 1.86. The van der Waals surface area contributed by atoms with Gasteiger partial charge in [0.05, 0.1) is 12.7 Å². The lowest BCUT2D eigenvalue weighted by atomic mass is 10.2. The van der Waals surface area contributed by atoms with Crippen molar-refractivity contribution in [3.8, 4) is 11.5 Å². The molecule has 0 heterocycles. The van der Waals surface area contributed by atoms with Gasteiger partial charge >= 0.3 is 0 Å². The van der Waals surface area contributed by atoms with Crippen LogP contribution in [0.25, 0.3) is 0 Å². The van der Waals surface area contributed by atoms with Crippen molar-refractivity contribution < 1.29 is 19.1 Å². The molecule has 0 saturated heterocycles. The second kappa shape index (κ2) is 7.26. The lowest BCUT2D eigenvalue weighted by Gasteiger charge is -2.16. The average molecular weight is 299 g/mol. The van der Waals surface area contributed by atoms with E-state index in [1.54, 1.807) is 37.3 Å². The Hall–Kier alpha value is -2.82. The Balaban J connectivity index is 2.06. The third-order valence-electron chi connectivity index (χ3n) is 3.06. The van der Waals surface area contributed by atoms with Crippen molar-refractivity contribution >= 4 is 17.9 Å². The first-order chi connectivity index (χ1) is 10.6. The molecule has 0 aliphatic rings. The first kappa shape index (κ1) is 15.6. The van der Waals surface area contributed by atoms with E-state index in [0.717, 1.165) is 0 Å². The van der Waals surface area contributed by atoms with Gasteiger partial charge in [0.2, 0.25) is 0 Å². The van der Waals surface area contributed by atoms with E-state index in [-0.39, 0.29) is 5.91 Å². The summed E-state index contributed by atoms with van der Waals surface area (Å²) in [7, 11) is 1.51. The quantitative estimate of drug-likeness (QED) is 0.833. The molecular weight excluding hydrogens is 282 g/mol. The number of carbonyl (C=O) groups is 2. The molecule has 2 rings (SSSR count). The lowest BCUT2D eigenvalue weighted by Crippen LogP contribution is -2.30. The van der Waals surface area contributed by atoms with Crippen molar-refractivity contribution in [1.82, 2.24) is 0 Å². The molecule has 1 amide bonds. The van der Waals surface area contributed by atoms with Crippen molar-refractivity contribution in [3.63, 3.8) is 0 Å². The second-order valence-electron chi connectivity index (χ2n) is 4.64. The largest absolute Gasteiger partial charge is 0.497 e. The van der Waals surface area contributed by atoms with E-state index >= 15 is 0 Å². The summed E-state index contributed by atoms with van der Waals surface area (Å²) < 4.78 is 10.6. The Bertz CT molecular complexity index is 655. The van der Waals surface area contributed by atoms with Crippen LogP contribution in [0.15, 0.2) is 48.5 Å². The van der Waals surface area contributed by atoms with Crippen LogP contribution >= 0.6 is 0 Å². The number of hydrogen-bond acceptors (Lipinski definition) is 4. The fourth-order valence-corrected chi connectivity index (χ4v) is 1.86. The molecule has 0 saturated carbocycles. The SMILES string of the molecule is COc1ccc(O[C@H](C)C(=O)Nc2ccccc2)c(C=O)c1. The number of benzene rings is 2. The molecule has 0 radical (unpaired) electrons. The normalized spacial score (nSPS) is 11.4. The van der Waals surface area contributed by atoms with Gasteiger partial charge in [-0.3, -0.25) is 9.59 Å². The Morgan fingerprint density at radius 3 is 2.55 bits per heavy atom. The molecule has 0 aromatic heterocycles. The van der Waals surface area contributed by atoms with Crippen molar-refractivity contribution in [2.75, 3.05) is 12.4 Å². The predicted molar refractivity (Wildman–Crippen MR) is 83.5 cm³/mol. The van der Waals surface area contributed by atoms with Gasteiger partial charge in [0.25, 0.3) is 5.91 Å². The maximum atomic E-state index is 12.1. The minimum absolute atomic E-state index is 0.293. The van der Waals surface area contributed by atoms with Crippen LogP contribution < -0.4 is 14.8 Å². The lowest BCUT2D eigenvalue weighted by molar-refractivity contribution is -0.122. The summed E-state index contributed by atoms with van der Waals surface area (Å²) >= 11 is 0. The molecule has 114 valence electrons. The van der Waals surface area contributed by atoms with E-state index in [0.29, 0.717) is 29.0 Å². The van der Waals surface area contributed by atoms with Gasteiger partial charge in [-0.1, -0.05) is 18.2 Å². The molecule has 0 unspecified atom stereocenters. The number of hydrogen-bond donors (Lipinski definition) is 1. The summed E-state index contributed by atoms with van der Waals surface area (Å²) in [5.41, 5.74) is 1.02. The zero-order valence-electron chi connectivity index (χ0n) is 12.4. The minimum atomic E-state index is -0.743. The maximum Gasteiger partial charge on any atom is 0.265 e. The molecule has 0 aliphatic carbocycles. The van der Waals surface area contributed by atoms with E-state index in [1.165, 1.54) is 7.11 Å². The third-order valence-corrected chi connectivity index (χ3v) is 3.06. The maximum absolute atomic E-state index is 12.1. The van der Waals surface area contributed by atoms with Gasteiger partial charge in [0.1, 0.15) is 11.5 Å². The van der Waals surface area contributed by atoms with Crippen molar-refractivity contribution in [2.24, 2.45) is 0 Å². The van der Waals surface area contributed by atoms with Crippen molar-refractivity contribution in [1.29, 1.82) is 0 Å². The second-order valence-corrected chi connectivity index (χ2v) is 4.64. The number of para-hydroxylation sites is 1. The highest BCUT2D eigenvalue weighted by atomic mass is 16.5. The molecule has 2 aromatic rings. The van der Waals surface area contributed by atoms with E-state index in [4.69, 9.17) is 9.47 Å². The number of nitrogens with one attached hydrogen (secondary N) is 1. The van der Waals surface area contributed by atoms with Crippen LogP contribution in [0.3, 0.4) is 0 Å². The Morgan fingerprint density at radius 2 is 1.91 bits per heavy atom. The summed E-state index contributed by atoms with van der Waals surface area (Å²) in [6.07, 6.45) is -0.0769. The smallest absolute Gasteiger partial charge is 0.265 e. The summed E-state index contributed by atoms with van der Waals surface area (Å²) in [6.45, 7) is 1.62. The third kappa shape index (κ3) is 3.85. The number of aldehydes is 1. The number of amides is 1. The van der Waals surface area contributed by atoms with Gasteiger partial charge in [0.15, 0.2) is 12.4 Å². The van der Waals surface area contributed by atoms with Crippen LogP contribution in [-0.2, 0) is 4.79 Å². The number of ether oxygens (including phenoxy) is 2. The molecule has 0 fully saturated rings. The molecule has 22 heavy (non-hydrogen) atoms. The van der Waals surface area contributed by atoms with Crippen LogP contribution in [0.5, 0.6) is 11.5 Å². The van der Waals surface area contributed by atoms with Crippen LogP contribution in [0.2, 0.25) is 0 Å². The fraction of sp³-hybridized carbons (Fsp3) is 0.176. The van der Waals surface area contributed by atoms with Crippen LogP contribution in [-0.4, -0.2) is 25.4 Å². The van der Waals surface area contributed by atoms with Gasteiger partial charge in [-0.2, -0.15) is 0 Å². The Labute approximate surface area is 128 Å². The molecule has 1 atom stereocenters. The van der Waals surface area contributed by atoms with Gasteiger partial charge in [-0.25, -0.2) is 0 Å². The molecule has 0 aliphatic heterocycles. The summed E-state index contributed by atoms with van der Waals surface area (Å²) in [5.74, 6) is 0.598. The highest BCUT2D eigenvalue weighted by Gasteiger charge is 2.16. The Morgan fingerprint density at radius 1 is 1.18 bits per heavy atom. The van der Waals surface area contributed by atoms with Crippen LogP contribution in [0.1, 0.15) is 17.3 Å². The summed E-state index contributed by atoms with van der Waals surface area (Å²) in [5, 5.41) is 2.75. The van der Waals surface area contributed by atoms with Crippen LogP contribution in [0.4, 0.5) is 5.69 Å². The molecule has 2 aromatic carbocycles.